The summed E-state index contributed by atoms with van der Waals surface area (Å²) in [6, 6.07) is 8.60. The Morgan fingerprint density at radius 1 is 1.31 bits per heavy atom. The van der Waals surface area contributed by atoms with E-state index in [4.69, 9.17) is 9.72 Å². The van der Waals surface area contributed by atoms with Gasteiger partial charge < -0.3 is 15.0 Å². The van der Waals surface area contributed by atoms with Gasteiger partial charge in [-0.15, -0.1) is 0 Å². The number of carbonyl (C=O) groups is 1. The fraction of sp³-hybridized carbons (Fsp3) is 0.591. The lowest BCUT2D eigenvalue weighted by Gasteiger charge is -2.27. The maximum absolute atomic E-state index is 12.4. The number of amides is 1. The van der Waals surface area contributed by atoms with Crippen LogP contribution in [0.5, 0.6) is 5.75 Å². The normalized spacial score (nSPS) is 14.8. The second-order valence-electron chi connectivity index (χ2n) is 7.96. The van der Waals surface area contributed by atoms with Crippen LogP contribution in [0.25, 0.3) is 0 Å². The Morgan fingerprint density at radius 3 is 2.83 bits per heavy atom. The predicted molar refractivity (Wildman–Crippen MR) is 118 cm³/mol. The van der Waals surface area contributed by atoms with Crippen LogP contribution >= 0.6 is 11.5 Å². The summed E-state index contributed by atoms with van der Waals surface area (Å²) >= 11 is 1.40. The van der Waals surface area contributed by atoms with Crippen molar-refractivity contribution in [2.75, 3.05) is 18.6 Å². The van der Waals surface area contributed by atoms with Crippen molar-refractivity contribution in [3.05, 3.63) is 35.7 Å². The third-order valence-electron chi connectivity index (χ3n) is 5.37. The Hall–Kier alpha value is -2.15. The Balaban J connectivity index is 1.56. The Labute approximate surface area is 177 Å². The average Bonchev–Trinajstić information content (AvgIpc) is 3.16. The van der Waals surface area contributed by atoms with Gasteiger partial charge in [0.1, 0.15) is 11.6 Å². The first kappa shape index (κ1) is 21.6. The van der Waals surface area contributed by atoms with Crippen LogP contribution in [0.3, 0.4) is 0 Å². The topological polar surface area (TPSA) is 67.3 Å². The molecule has 3 rings (SSSR count). The van der Waals surface area contributed by atoms with Gasteiger partial charge in [0.25, 0.3) is 0 Å². The number of nitrogens with zero attached hydrogens (tertiary/aromatic N) is 3. The Morgan fingerprint density at radius 2 is 2.10 bits per heavy atom. The quantitative estimate of drug-likeness (QED) is 0.664. The molecule has 1 saturated carbocycles. The first-order valence-electron chi connectivity index (χ1n) is 10.6. The molecule has 0 bridgehead atoms. The number of aromatic nitrogens is 2. The third kappa shape index (κ3) is 6.42. The number of nitrogens with one attached hydrogen (secondary N) is 1. The molecule has 0 radical (unpaired) electrons. The maximum atomic E-state index is 12.4. The summed E-state index contributed by atoms with van der Waals surface area (Å²) in [5.41, 5.74) is 1.12. The SMILES string of the molecule is COc1cccc(Cc2nsc(N(CCC(=O)NC3CCCCC3)C(C)C)n2)c1. The minimum atomic E-state index is 0.142. The number of carbonyl (C=O) groups excluding carboxylic acids is 1. The van der Waals surface area contributed by atoms with Crippen molar-refractivity contribution in [2.24, 2.45) is 0 Å². The van der Waals surface area contributed by atoms with Crippen molar-refractivity contribution in [2.45, 2.75) is 70.9 Å². The van der Waals surface area contributed by atoms with Crippen molar-refractivity contribution in [3.8, 4) is 5.75 Å². The van der Waals surface area contributed by atoms with Crippen molar-refractivity contribution < 1.29 is 9.53 Å². The van der Waals surface area contributed by atoms with Gasteiger partial charge >= 0.3 is 0 Å². The summed E-state index contributed by atoms with van der Waals surface area (Å²) < 4.78 is 9.83. The predicted octanol–water partition coefficient (Wildman–Crippen LogP) is 4.19. The zero-order valence-electron chi connectivity index (χ0n) is 17.7. The molecule has 0 saturated heterocycles. The summed E-state index contributed by atoms with van der Waals surface area (Å²) in [5.74, 6) is 1.78. The number of methoxy groups -OCH3 is 1. The summed E-state index contributed by atoms with van der Waals surface area (Å²) in [7, 11) is 1.67. The van der Waals surface area contributed by atoms with Gasteiger partial charge in [-0.2, -0.15) is 4.37 Å². The standard InChI is InChI=1S/C22H32N4O2S/c1-16(2)26(13-12-21(27)23-18-9-5-4-6-10-18)22-24-20(25-29-22)15-17-8-7-11-19(14-17)28-3/h7-8,11,14,16,18H,4-6,9-10,12-13,15H2,1-3H3,(H,23,27). The molecule has 0 unspecified atom stereocenters. The van der Waals surface area contributed by atoms with E-state index in [0.717, 1.165) is 35.1 Å². The minimum absolute atomic E-state index is 0.142. The highest BCUT2D eigenvalue weighted by Crippen LogP contribution is 2.23. The number of anilines is 1. The summed E-state index contributed by atoms with van der Waals surface area (Å²) in [5, 5.41) is 4.08. The van der Waals surface area contributed by atoms with Crippen molar-refractivity contribution in [1.29, 1.82) is 0 Å². The van der Waals surface area contributed by atoms with Gasteiger partial charge in [0.05, 0.1) is 7.11 Å². The van der Waals surface area contributed by atoms with Crippen LogP contribution in [0.15, 0.2) is 24.3 Å². The lowest BCUT2D eigenvalue weighted by atomic mass is 9.95. The van der Waals surface area contributed by atoms with Crippen LogP contribution < -0.4 is 15.0 Å². The van der Waals surface area contributed by atoms with Gasteiger partial charge in [0.15, 0.2) is 0 Å². The molecule has 1 aliphatic carbocycles. The van der Waals surface area contributed by atoms with E-state index in [2.05, 4.69) is 34.5 Å². The molecule has 1 heterocycles. The van der Waals surface area contributed by atoms with Gasteiger partial charge in [-0.05, 0) is 44.4 Å². The fourth-order valence-electron chi connectivity index (χ4n) is 3.74. The molecule has 7 heteroatoms. The van der Waals surface area contributed by atoms with E-state index in [1.165, 1.54) is 30.8 Å². The van der Waals surface area contributed by atoms with E-state index in [-0.39, 0.29) is 11.9 Å². The number of hydrogen-bond acceptors (Lipinski definition) is 6. The van der Waals surface area contributed by atoms with Crippen LogP contribution in [0, 0.1) is 0 Å². The molecule has 1 aliphatic rings. The molecule has 1 aromatic heterocycles. The van der Waals surface area contributed by atoms with Crippen LogP contribution in [-0.4, -0.2) is 41.0 Å². The molecule has 0 aliphatic heterocycles. The first-order chi connectivity index (χ1) is 14.0. The van der Waals surface area contributed by atoms with Gasteiger partial charge in [0.2, 0.25) is 11.0 Å². The Kier molecular flexibility index (Phi) is 7.86. The minimum Gasteiger partial charge on any atom is -0.497 e. The van der Waals surface area contributed by atoms with Gasteiger partial charge in [-0.3, -0.25) is 4.79 Å². The molecule has 1 amide bonds. The molecular weight excluding hydrogens is 384 g/mol. The van der Waals surface area contributed by atoms with Gasteiger partial charge in [0, 0.05) is 43.0 Å². The largest absolute Gasteiger partial charge is 0.497 e. The molecule has 6 nitrogen and oxygen atoms in total. The molecule has 0 spiro atoms. The number of hydrogen-bond donors (Lipinski definition) is 1. The van der Waals surface area contributed by atoms with Crippen LogP contribution in [0.2, 0.25) is 0 Å². The average molecular weight is 417 g/mol. The monoisotopic (exact) mass is 416 g/mol. The number of benzene rings is 1. The summed E-state index contributed by atoms with van der Waals surface area (Å²) in [6.07, 6.45) is 7.13. The highest BCUT2D eigenvalue weighted by molar-refractivity contribution is 7.09. The van der Waals surface area contributed by atoms with Crippen molar-refractivity contribution in [1.82, 2.24) is 14.7 Å². The molecule has 1 aromatic carbocycles. The van der Waals surface area contributed by atoms with E-state index < -0.39 is 0 Å². The lowest BCUT2D eigenvalue weighted by molar-refractivity contribution is -0.121. The van der Waals surface area contributed by atoms with E-state index in [1.807, 2.05) is 18.2 Å². The molecule has 1 fully saturated rings. The zero-order valence-corrected chi connectivity index (χ0v) is 18.5. The highest BCUT2D eigenvalue weighted by atomic mass is 32.1. The number of rotatable bonds is 9. The molecular formula is C22H32N4O2S. The smallest absolute Gasteiger partial charge is 0.221 e. The highest BCUT2D eigenvalue weighted by Gasteiger charge is 2.19. The van der Waals surface area contributed by atoms with Gasteiger partial charge in [-0.1, -0.05) is 31.4 Å². The van der Waals surface area contributed by atoms with Crippen molar-refractivity contribution >= 4 is 22.6 Å². The molecule has 1 N–H and O–H groups in total. The summed E-state index contributed by atoms with van der Waals surface area (Å²) in [6.45, 7) is 4.91. The van der Waals surface area contributed by atoms with E-state index >= 15 is 0 Å². The second-order valence-corrected chi connectivity index (χ2v) is 8.69. The van der Waals surface area contributed by atoms with Crippen LogP contribution in [0.4, 0.5) is 5.13 Å². The Bertz CT molecular complexity index is 787. The number of ether oxygens (including phenoxy) is 1. The van der Waals surface area contributed by atoms with Crippen LogP contribution in [-0.2, 0) is 11.2 Å². The second kappa shape index (κ2) is 10.6. The van der Waals surface area contributed by atoms with Gasteiger partial charge in [-0.25, -0.2) is 4.98 Å². The van der Waals surface area contributed by atoms with E-state index in [9.17, 15) is 4.79 Å². The molecule has 0 atom stereocenters. The lowest BCUT2D eigenvalue weighted by Crippen LogP contribution is -2.39. The maximum Gasteiger partial charge on any atom is 0.221 e. The zero-order chi connectivity index (χ0) is 20.6. The first-order valence-corrected chi connectivity index (χ1v) is 11.3. The molecule has 2 aromatic rings. The molecule has 158 valence electrons. The molecule has 29 heavy (non-hydrogen) atoms. The van der Waals surface area contributed by atoms with E-state index in [1.54, 1.807) is 7.11 Å². The third-order valence-corrected chi connectivity index (χ3v) is 6.16. The van der Waals surface area contributed by atoms with E-state index in [0.29, 0.717) is 25.4 Å². The van der Waals surface area contributed by atoms with Crippen LogP contribution in [0.1, 0.15) is 63.8 Å². The van der Waals surface area contributed by atoms with Crippen molar-refractivity contribution in [3.63, 3.8) is 0 Å². The fourth-order valence-corrected chi connectivity index (χ4v) is 4.59. The summed E-state index contributed by atoms with van der Waals surface area (Å²) in [4.78, 5) is 19.3.